The largest absolute Gasteiger partial charge is 0.325 e. The Morgan fingerprint density at radius 2 is 1.86 bits per heavy atom. The van der Waals surface area contributed by atoms with E-state index in [0.717, 1.165) is 5.56 Å². The maximum absolute atomic E-state index is 14.5. The number of aromatic nitrogens is 5. The molecule has 10 nitrogen and oxygen atoms in total. The molecule has 43 heavy (non-hydrogen) atoms. The number of amides is 2. The number of fused-ring (bicyclic) bond motifs is 2. The van der Waals surface area contributed by atoms with Crippen LogP contribution in [0.2, 0.25) is 0 Å². The molecule has 2 amide bonds. The highest BCUT2D eigenvalue weighted by Crippen LogP contribution is 2.64. The standard InChI is InChI=1S/C31H31BrFN7O3/c1-15-6-7-24(32)36-29(15)37-30(43)23-10-31(5)16(2)28(31)40(23)25(42)14-39-27-20(11-33)8-19(21-12-34-18(4)35-13-21)9-22(27)26(38-39)17(3)41/h6-9,12-13,16,23,28H,10-11,14H2,1-5H3,(H,36,37,43)/t16-,23+,28?,31-/m1/s1. The van der Waals surface area contributed by atoms with E-state index in [-0.39, 0.29) is 52.8 Å². The molecular weight excluding hydrogens is 617 g/mol. The van der Waals surface area contributed by atoms with Crippen molar-refractivity contribution in [2.45, 2.75) is 66.3 Å². The number of halogens is 2. The van der Waals surface area contributed by atoms with Gasteiger partial charge in [-0.25, -0.2) is 19.3 Å². The summed E-state index contributed by atoms with van der Waals surface area (Å²) in [6, 6.07) is 6.24. The lowest BCUT2D eigenvalue weighted by Crippen LogP contribution is -2.47. The summed E-state index contributed by atoms with van der Waals surface area (Å²) < 4.78 is 16.5. The molecule has 0 spiro atoms. The monoisotopic (exact) mass is 647 g/mol. The summed E-state index contributed by atoms with van der Waals surface area (Å²) in [5, 5.41) is 7.85. The summed E-state index contributed by atoms with van der Waals surface area (Å²) in [4.78, 5) is 54.8. The van der Waals surface area contributed by atoms with E-state index >= 15 is 0 Å². The van der Waals surface area contributed by atoms with Crippen LogP contribution in [0.5, 0.6) is 0 Å². The molecule has 0 bridgehead atoms. The number of alkyl halides is 1. The molecule has 1 aliphatic carbocycles. The Kier molecular flexibility index (Phi) is 7.15. The van der Waals surface area contributed by atoms with Crippen LogP contribution >= 0.6 is 15.9 Å². The number of hydrogen-bond acceptors (Lipinski definition) is 7. The first-order valence-corrected chi connectivity index (χ1v) is 14.9. The van der Waals surface area contributed by atoms with Crippen molar-refractivity contribution >= 4 is 50.2 Å². The quantitative estimate of drug-likeness (QED) is 0.216. The number of aryl methyl sites for hydroxylation is 2. The average molecular weight is 649 g/mol. The van der Waals surface area contributed by atoms with Crippen molar-refractivity contribution in [1.29, 1.82) is 0 Å². The highest BCUT2D eigenvalue weighted by molar-refractivity contribution is 9.10. The second-order valence-corrected chi connectivity index (χ2v) is 12.6. The number of nitrogens with zero attached hydrogens (tertiary/aromatic N) is 6. The normalized spacial score (nSPS) is 22.5. The lowest BCUT2D eigenvalue weighted by molar-refractivity contribution is -0.138. The molecule has 6 rings (SSSR count). The van der Waals surface area contributed by atoms with Crippen LogP contribution in [0.15, 0.2) is 41.3 Å². The molecule has 1 N–H and O–H groups in total. The van der Waals surface area contributed by atoms with Crippen LogP contribution in [-0.2, 0) is 22.8 Å². The summed E-state index contributed by atoms with van der Waals surface area (Å²) >= 11 is 3.35. The topological polar surface area (TPSA) is 123 Å². The minimum atomic E-state index is -0.834. The van der Waals surface area contributed by atoms with Crippen molar-refractivity contribution in [1.82, 2.24) is 29.6 Å². The SMILES string of the molecule is CC(=O)c1nn(CC(=O)N2C3[C@@H](C)[C@@]3(C)C[C@H]2C(=O)Nc2nc(Br)ccc2C)c2c(CF)cc(-c3cnc(C)nc3)cc12. The van der Waals surface area contributed by atoms with Crippen molar-refractivity contribution in [2.75, 3.05) is 5.32 Å². The first-order chi connectivity index (χ1) is 20.4. The molecule has 1 aromatic carbocycles. The van der Waals surface area contributed by atoms with Crippen LogP contribution in [0, 0.1) is 25.2 Å². The smallest absolute Gasteiger partial charge is 0.248 e. The third-order valence-corrected chi connectivity index (χ3v) is 9.49. The van der Waals surface area contributed by atoms with Gasteiger partial charge in [-0.15, -0.1) is 0 Å². The highest BCUT2D eigenvalue weighted by Gasteiger charge is 2.70. The van der Waals surface area contributed by atoms with Gasteiger partial charge in [-0.05, 0) is 76.9 Å². The molecule has 4 atom stereocenters. The Morgan fingerprint density at radius 1 is 1.14 bits per heavy atom. The predicted octanol–water partition coefficient (Wildman–Crippen LogP) is 5.20. The molecule has 1 saturated heterocycles. The molecule has 1 unspecified atom stereocenters. The fourth-order valence-electron chi connectivity index (χ4n) is 6.52. The Balaban J connectivity index is 1.35. The van der Waals surface area contributed by atoms with E-state index in [1.807, 2.05) is 13.0 Å². The van der Waals surface area contributed by atoms with E-state index in [2.05, 4.69) is 55.1 Å². The van der Waals surface area contributed by atoms with Gasteiger partial charge in [0.15, 0.2) is 5.78 Å². The number of anilines is 1. The Labute approximate surface area is 256 Å². The van der Waals surface area contributed by atoms with Gasteiger partial charge in [-0.1, -0.05) is 19.9 Å². The van der Waals surface area contributed by atoms with Crippen molar-refractivity contribution in [3.05, 3.63) is 63.9 Å². The molecule has 4 aromatic rings. The van der Waals surface area contributed by atoms with Gasteiger partial charge in [0.25, 0.3) is 0 Å². The van der Waals surface area contributed by atoms with Gasteiger partial charge in [-0.3, -0.25) is 19.1 Å². The van der Waals surface area contributed by atoms with E-state index in [1.54, 1.807) is 42.4 Å². The molecule has 1 aliphatic heterocycles. The molecule has 1 saturated carbocycles. The number of carbonyl (C=O) groups is 3. The molecule has 12 heteroatoms. The number of benzene rings is 1. The minimum absolute atomic E-state index is 0.116. The van der Waals surface area contributed by atoms with Crippen LogP contribution in [0.1, 0.15) is 54.6 Å². The molecule has 2 aliphatic rings. The summed E-state index contributed by atoms with van der Waals surface area (Å²) in [5.74, 6) is 0.303. The van der Waals surface area contributed by atoms with E-state index in [1.165, 1.54) is 11.6 Å². The van der Waals surface area contributed by atoms with Crippen molar-refractivity contribution < 1.29 is 18.8 Å². The molecule has 222 valence electrons. The number of pyridine rings is 1. The maximum atomic E-state index is 14.5. The number of ketones is 1. The van der Waals surface area contributed by atoms with Crippen LogP contribution in [-0.4, -0.2) is 59.3 Å². The van der Waals surface area contributed by atoms with Gasteiger partial charge >= 0.3 is 0 Å². The number of rotatable bonds is 7. The van der Waals surface area contributed by atoms with Crippen LogP contribution in [0.4, 0.5) is 10.2 Å². The van der Waals surface area contributed by atoms with Crippen molar-refractivity contribution in [2.24, 2.45) is 11.3 Å². The first kappa shape index (κ1) is 29.0. The zero-order chi connectivity index (χ0) is 30.8. The number of hydrogen-bond donors (Lipinski definition) is 1. The maximum Gasteiger partial charge on any atom is 0.248 e. The van der Waals surface area contributed by atoms with Gasteiger partial charge < -0.3 is 10.2 Å². The fourth-order valence-corrected chi connectivity index (χ4v) is 6.83. The second kappa shape index (κ2) is 10.6. The van der Waals surface area contributed by atoms with E-state index in [4.69, 9.17) is 0 Å². The van der Waals surface area contributed by atoms with E-state index in [0.29, 0.717) is 44.7 Å². The highest BCUT2D eigenvalue weighted by atomic mass is 79.9. The molecule has 0 radical (unpaired) electrons. The third kappa shape index (κ3) is 4.91. The van der Waals surface area contributed by atoms with Gasteiger partial charge in [0.05, 0.1) is 5.52 Å². The third-order valence-electron chi connectivity index (χ3n) is 9.04. The number of nitrogens with one attached hydrogen (secondary N) is 1. The summed E-state index contributed by atoms with van der Waals surface area (Å²) in [5.41, 5.74) is 2.73. The first-order valence-electron chi connectivity index (χ1n) is 14.1. The number of carbonyl (C=O) groups excluding carboxylic acids is 3. The van der Waals surface area contributed by atoms with Crippen LogP contribution < -0.4 is 5.32 Å². The summed E-state index contributed by atoms with van der Waals surface area (Å²) in [6.07, 6.45) is 3.80. The molecule has 4 heterocycles. The number of piperidine rings is 1. The predicted molar refractivity (Wildman–Crippen MR) is 162 cm³/mol. The lowest BCUT2D eigenvalue weighted by Gasteiger charge is -2.28. The Morgan fingerprint density at radius 3 is 2.53 bits per heavy atom. The second-order valence-electron chi connectivity index (χ2n) is 11.8. The summed E-state index contributed by atoms with van der Waals surface area (Å²) in [7, 11) is 0. The number of likely N-dealkylation sites (tertiary alicyclic amines) is 1. The van der Waals surface area contributed by atoms with Crippen LogP contribution in [0.3, 0.4) is 0 Å². The fraction of sp³-hybridized carbons (Fsp3) is 0.387. The van der Waals surface area contributed by atoms with Crippen molar-refractivity contribution in [3.8, 4) is 11.1 Å². The molecule has 3 aromatic heterocycles. The van der Waals surface area contributed by atoms with Crippen LogP contribution in [0.25, 0.3) is 22.0 Å². The van der Waals surface area contributed by atoms with Crippen molar-refractivity contribution in [3.63, 3.8) is 0 Å². The molecular formula is C31H31BrFN7O3. The number of Topliss-reactive ketones (excluding diaryl/α,β-unsaturated/α-hetero) is 1. The van der Waals surface area contributed by atoms with Gasteiger partial charge in [0.2, 0.25) is 11.8 Å². The molecule has 2 fully saturated rings. The summed E-state index contributed by atoms with van der Waals surface area (Å²) in [6.45, 7) is 8.10. The van der Waals surface area contributed by atoms with E-state index in [9.17, 15) is 18.8 Å². The van der Waals surface area contributed by atoms with E-state index < -0.39 is 12.7 Å². The van der Waals surface area contributed by atoms with Gasteiger partial charge in [0, 0.05) is 41.9 Å². The zero-order valence-electron chi connectivity index (χ0n) is 24.5. The Hall–Kier alpha value is -4.06. The Bertz CT molecular complexity index is 1810. The van der Waals surface area contributed by atoms with Gasteiger partial charge in [-0.2, -0.15) is 5.10 Å². The minimum Gasteiger partial charge on any atom is -0.325 e. The average Bonchev–Trinajstić information content (AvgIpc) is 3.25. The zero-order valence-corrected chi connectivity index (χ0v) is 26.1. The lowest BCUT2D eigenvalue weighted by atomic mass is 9.98. The van der Waals surface area contributed by atoms with Gasteiger partial charge in [0.1, 0.15) is 41.2 Å².